The average molecular weight is 381 g/mol. The summed E-state index contributed by atoms with van der Waals surface area (Å²) in [5.41, 5.74) is 1.53. The lowest BCUT2D eigenvalue weighted by Gasteiger charge is -2.28. The van der Waals surface area contributed by atoms with Crippen molar-refractivity contribution >= 4 is 34.8 Å². The van der Waals surface area contributed by atoms with Crippen LogP contribution in [0.25, 0.3) is 0 Å². The van der Waals surface area contributed by atoms with E-state index in [9.17, 15) is 9.18 Å². The Balaban J connectivity index is 1.70. The van der Waals surface area contributed by atoms with Gasteiger partial charge in [0, 0.05) is 17.6 Å². The fraction of sp³-hybridized carbons (Fsp3) is 0.316. The minimum absolute atomic E-state index is 0.127. The van der Waals surface area contributed by atoms with Crippen molar-refractivity contribution in [3.8, 4) is 0 Å². The van der Waals surface area contributed by atoms with Crippen LogP contribution in [0.3, 0.4) is 0 Å². The molecule has 0 radical (unpaired) electrons. The van der Waals surface area contributed by atoms with E-state index in [1.54, 1.807) is 30.3 Å². The number of rotatable bonds is 6. The molecule has 6 heteroatoms. The van der Waals surface area contributed by atoms with E-state index >= 15 is 0 Å². The number of nitrogens with zero attached hydrogens (tertiary/aromatic N) is 1. The van der Waals surface area contributed by atoms with Gasteiger partial charge in [0.15, 0.2) is 0 Å². The third kappa shape index (κ3) is 4.72. The molecule has 0 aliphatic heterocycles. The predicted octanol–water partition coefficient (Wildman–Crippen LogP) is 5.12. The first-order chi connectivity index (χ1) is 11.9. The van der Waals surface area contributed by atoms with E-state index in [4.69, 9.17) is 23.2 Å². The molecule has 3 nitrogen and oxygen atoms in total. The van der Waals surface area contributed by atoms with Crippen LogP contribution < -0.4 is 5.32 Å². The summed E-state index contributed by atoms with van der Waals surface area (Å²) in [5, 5.41) is 3.79. The molecule has 0 aromatic heterocycles. The van der Waals surface area contributed by atoms with Gasteiger partial charge in [-0.2, -0.15) is 0 Å². The summed E-state index contributed by atoms with van der Waals surface area (Å²) in [4.78, 5) is 14.8. The molecule has 25 heavy (non-hydrogen) atoms. The largest absolute Gasteiger partial charge is 0.323 e. The third-order valence-electron chi connectivity index (χ3n) is 4.36. The monoisotopic (exact) mass is 380 g/mol. The molecule has 1 aliphatic rings. The molecule has 1 aliphatic carbocycles. The van der Waals surface area contributed by atoms with E-state index in [1.165, 1.54) is 12.1 Å². The lowest BCUT2D eigenvalue weighted by molar-refractivity contribution is -0.121. The predicted molar refractivity (Wildman–Crippen MR) is 99.5 cm³/mol. The Labute approximate surface area is 156 Å². The minimum Gasteiger partial charge on any atom is -0.323 e. The quantitative estimate of drug-likeness (QED) is 0.753. The number of hydrogen-bond donors (Lipinski definition) is 1. The number of amides is 1. The van der Waals surface area contributed by atoms with Crippen LogP contribution in [0.5, 0.6) is 0 Å². The number of nitrogens with one attached hydrogen (secondary N) is 1. The van der Waals surface area contributed by atoms with Crippen LogP contribution in [0.1, 0.15) is 25.3 Å². The normalized spacial score (nSPS) is 15.2. The van der Waals surface area contributed by atoms with Gasteiger partial charge in [0.05, 0.1) is 16.8 Å². The summed E-state index contributed by atoms with van der Waals surface area (Å²) in [6.45, 7) is 2.48. The van der Waals surface area contributed by atoms with E-state index < -0.39 is 0 Å². The van der Waals surface area contributed by atoms with Gasteiger partial charge in [0.1, 0.15) is 5.82 Å². The lowest BCUT2D eigenvalue weighted by Crippen LogP contribution is -2.43. The van der Waals surface area contributed by atoms with Gasteiger partial charge in [-0.3, -0.25) is 9.69 Å². The number of carbonyl (C=O) groups excluding carboxylic acids is 1. The molecule has 1 N–H and O–H groups in total. The molecule has 0 bridgehead atoms. The van der Waals surface area contributed by atoms with Crippen LogP contribution in [0.4, 0.5) is 10.1 Å². The Kier molecular flexibility index (Phi) is 5.62. The van der Waals surface area contributed by atoms with Crippen LogP contribution in [0, 0.1) is 5.82 Å². The summed E-state index contributed by atoms with van der Waals surface area (Å²) < 4.78 is 13.1. The van der Waals surface area contributed by atoms with Gasteiger partial charge in [0.25, 0.3) is 0 Å². The van der Waals surface area contributed by atoms with Crippen molar-refractivity contribution in [2.45, 2.75) is 38.4 Å². The third-order valence-corrected chi connectivity index (χ3v) is 4.91. The molecule has 2 aromatic rings. The van der Waals surface area contributed by atoms with Crippen LogP contribution in [-0.2, 0) is 11.3 Å². The first-order valence-corrected chi connectivity index (χ1v) is 8.96. The smallest absolute Gasteiger partial charge is 0.241 e. The van der Waals surface area contributed by atoms with Gasteiger partial charge in [0.2, 0.25) is 5.91 Å². The van der Waals surface area contributed by atoms with Crippen molar-refractivity contribution < 1.29 is 9.18 Å². The maximum atomic E-state index is 13.1. The molecule has 2 aromatic carbocycles. The number of carbonyl (C=O) groups is 1. The van der Waals surface area contributed by atoms with E-state index in [2.05, 4.69) is 10.2 Å². The highest BCUT2D eigenvalue weighted by molar-refractivity contribution is 6.36. The standard InChI is InChI=1S/C19H19Cl2FN2O/c1-12(19(25)23-18-9-4-14(20)10-17(18)21)24(16-7-8-16)11-13-2-5-15(22)6-3-13/h2-6,9-10,12,16H,7-8,11H2,1H3,(H,23,25)/t12-/m1/s1. The van der Waals surface area contributed by atoms with Gasteiger partial charge >= 0.3 is 0 Å². The first-order valence-electron chi connectivity index (χ1n) is 8.20. The molecule has 0 heterocycles. The number of anilines is 1. The minimum atomic E-state index is -0.329. The van der Waals surface area contributed by atoms with Crippen LogP contribution >= 0.6 is 23.2 Å². The highest BCUT2D eigenvalue weighted by Gasteiger charge is 2.35. The Hall–Kier alpha value is -1.62. The molecule has 1 amide bonds. The van der Waals surface area contributed by atoms with Crippen LogP contribution in [0.2, 0.25) is 10.0 Å². The van der Waals surface area contributed by atoms with Gasteiger partial charge in [-0.1, -0.05) is 35.3 Å². The van der Waals surface area contributed by atoms with Gasteiger partial charge in [-0.25, -0.2) is 4.39 Å². The second-order valence-electron chi connectivity index (χ2n) is 6.32. The molecule has 1 atom stereocenters. The highest BCUT2D eigenvalue weighted by Crippen LogP contribution is 2.31. The van der Waals surface area contributed by atoms with Crippen molar-refractivity contribution in [1.82, 2.24) is 4.90 Å². The topological polar surface area (TPSA) is 32.3 Å². The highest BCUT2D eigenvalue weighted by atomic mass is 35.5. The first kappa shape index (κ1) is 18.2. The molecule has 0 saturated heterocycles. The molecule has 0 unspecified atom stereocenters. The Morgan fingerprint density at radius 2 is 1.92 bits per heavy atom. The van der Waals surface area contributed by atoms with Crippen molar-refractivity contribution in [3.05, 3.63) is 63.9 Å². The summed E-state index contributed by atoms with van der Waals surface area (Å²) in [6.07, 6.45) is 2.14. The number of halogens is 3. The molecule has 3 rings (SSSR count). The second kappa shape index (κ2) is 7.73. The van der Waals surface area contributed by atoms with Crippen LogP contribution in [0.15, 0.2) is 42.5 Å². The fourth-order valence-electron chi connectivity index (χ4n) is 2.77. The van der Waals surface area contributed by atoms with Crippen LogP contribution in [-0.4, -0.2) is 22.9 Å². The fourth-order valence-corrected chi connectivity index (χ4v) is 3.22. The van der Waals surface area contributed by atoms with E-state index in [0.717, 1.165) is 18.4 Å². The van der Waals surface area contributed by atoms with Crippen molar-refractivity contribution in [3.63, 3.8) is 0 Å². The van der Waals surface area contributed by atoms with E-state index in [-0.39, 0.29) is 17.8 Å². The molecule has 1 fully saturated rings. The zero-order valence-corrected chi connectivity index (χ0v) is 15.3. The summed E-state index contributed by atoms with van der Waals surface area (Å²) in [7, 11) is 0. The second-order valence-corrected chi connectivity index (χ2v) is 7.16. The Morgan fingerprint density at radius 1 is 1.24 bits per heavy atom. The molecule has 0 spiro atoms. The molecular weight excluding hydrogens is 362 g/mol. The summed E-state index contributed by atoms with van der Waals surface area (Å²) in [5.74, 6) is -0.386. The Bertz CT molecular complexity index is 763. The Morgan fingerprint density at radius 3 is 2.52 bits per heavy atom. The molecular formula is C19H19Cl2FN2O. The average Bonchev–Trinajstić information content (AvgIpc) is 3.41. The summed E-state index contributed by atoms with van der Waals surface area (Å²) >= 11 is 12.0. The van der Waals surface area contributed by atoms with Crippen molar-refractivity contribution in [2.24, 2.45) is 0 Å². The lowest BCUT2D eigenvalue weighted by atomic mass is 10.1. The van der Waals surface area contributed by atoms with Gasteiger partial charge in [-0.05, 0) is 55.7 Å². The maximum absolute atomic E-state index is 13.1. The van der Waals surface area contributed by atoms with Gasteiger partial charge < -0.3 is 5.32 Å². The molecule has 1 saturated carbocycles. The maximum Gasteiger partial charge on any atom is 0.241 e. The zero-order valence-electron chi connectivity index (χ0n) is 13.8. The van der Waals surface area contributed by atoms with E-state index in [1.807, 2.05) is 6.92 Å². The summed E-state index contributed by atoms with van der Waals surface area (Å²) in [6, 6.07) is 11.4. The van der Waals surface area contributed by atoms with Crippen molar-refractivity contribution in [1.29, 1.82) is 0 Å². The zero-order chi connectivity index (χ0) is 18.0. The van der Waals surface area contributed by atoms with Gasteiger partial charge in [-0.15, -0.1) is 0 Å². The van der Waals surface area contributed by atoms with Crippen molar-refractivity contribution in [2.75, 3.05) is 5.32 Å². The molecule has 132 valence electrons. The van der Waals surface area contributed by atoms with E-state index in [0.29, 0.717) is 28.3 Å². The number of hydrogen-bond acceptors (Lipinski definition) is 2. The SMILES string of the molecule is C[C@H](C(=O)Nc1ccc(Cl)cc1Cl)N(Cc1ccc(F)cc1)C1CC1. The number of benzene rings is 2.